The fraction of sp³-hybridized carbons (Fsp3) is 0.182. The monoisotopic (exact) mass is 471 g/mol. The lowest BCUT2D eigenvalue weighted by atomic mass is 10.1. The number of halogens is 3. The lowest BCUT2D eigenvalue weighted by Crippen LogP contribution is -2.12. The minimum Gasteiger partial charge on any atom is -0.490 e. The van der Waals surface area contributed by atoms with Gasteiger partial charge in [-0.05, 0) is 66.3 Å². The van der Waals surface area contributed by atoms with Gasteiger partial charge in [-0.15, -0.1) is 5.10 Å². The normalized spacial score (nSPS) is 11.0. The second kappa shape index (κ2) is 9.88. The maximum absolute atomic E-state index is 14.9. The first-order valence-corrected chi connectivity index (χ1v) is 10.4. The molecular formula is C22H20ClF2N7O. The molecular weight excluding hydrogens is 452 g/mol. The first kappa shape index (κ1) is 22.6. The maximum Gasteiger partial charge on any atom is 0.202 e. The Balaban J connectivity index is 1.71. The molecule has 11 heteroatoms. The second-order valence-electron chi connectivity index (χ2n) is 7.10. The molecule has 0 unspecified atom stereocenters. The van der Waals surface area contributed by atoms with Gasteiger partial charge in [0.25, 0.3) is 0 Å². The van der Waals surface area contributed by atoms with Crippen LogP contribution in [0, 0.1) is 11.6 Å². The van der Waals surface area contributed by atoms with E-state index in [0.717, 1.165) is 10.2 Å². The van der Waals surface area contributed by atoms with E-state index in [0.29, 0.717) is 29.1 Å². The number of nitrogens with one attached hydrogen (secondary N) is 1. The fourth-order valence-electron chi connectivity index (χ4n) is 3.23. The molecule has 0 amide bonds. The van der Waals surface area contributed by atoms with Gasteiger partial charge in [-0.2, -0.15) is 9.07 Å². The van der Waals surface area contributed by atoms with Crippen LogP contribution < -0.4 is 15.8 Å². The van der Waals surface area contributed by atoms with Crippen LogP contribution in [0.4, 0.5) is 14.6 Å². The number of hydrogen-bond acceptors (Lipinski definition) is 7. The molecule has 0 atom stereocenters. The summed E-state index contributed by atoms with van der Waals surface area (Å²) in [5.74, 6) is -2.23. The molecule has 0 bridgehead atoms. The Hall–Kier alpha value is -3.63. The molecule has 2 aromatic carbocycles. The highest BCUT2D eigenvalue weighted by molar-refractivity contribution is 6.30. The zero-order chi connectivity index (χ0) is 23.4. The second-order valence-corrected chi connectivity index (χ2v) is 7.53. The highest BCUT2D eigenvalue weighted by Gasteiger charge is 2.22. The third-order valence-corrected chi connectivity index (χ3v) is 5.11. The summed E-state index contributed by atoms with van der Waals surface area (Å²) in [5, 5.41) is 14.9. The Morgan fingerprint density at radius 3 is 2.76 bits per heavy atom. The van der Waals surface area contributed by atoms with Crippen molar-refractivity contribution >= 4 is 17.4 Å². The molecule has 0 fully saturated rings. The van der Waals surface area contributed by atoms with Crippen LogP contribution >= 0.6 is 11.6 Å². The van der Waals surface area contributed by atoms with Crippen molar-refractivity contribution in [3.05, 3.63) is 65.3 Å². The minimum atomic E-state index is -1.15. The Bertz CT molecular complexity index is 1280. The summed E-state index contributed by atoms with van der Waals surface area (Å²) in [6, 6.07) is 11.6. The van der Waals surface area contributed by atoms with Crippen molar-refractivity contribution in [3.63, 3.8) is 0 Å². The summed E-state index contributed by atoms with van der Waals surface area (Å²) in [5.41, 5.74) is 7.73. The molecule has 2 aromatic heterocycles. The number of nitrogens with two attached hydrogens (primary N) is 1. The Morgan fingerprint density at radius 1 is 1.12 bits per heavy atom. The number of benzene rings is 2. The number of nitrogens with zero attached hydrogens (tertiary/aromatic N) is 5. The van der Waals surface area contributed by atoms with Crippen LogP contribution in [0.3, 0.4) is 0 Å². The van der Waals surface area contributed by atoms with Crippen molar-refractivity contribution in [2.45, 2.75) is 6.42 Å². The quantitative estimate of drug-likeness (QED) is 0.376. The van der Waals surface area contributed by atoms with Crippen molar-refractivity contribution in [3.8, 4) is 34.0 Å². The van der Waals surface area contributed by atoms with Crippen molar-refractivity contribution < 1.29 is 13.5 Å². The first-order chi connectivity index (χ1) is 16.0. The predicted octanol–water partition coefficient (Wildman–Crippen LogP) is 3.89. The molecule has 0 spiro atoms. The largest absolute Gasteiger partial charge is 0.490 e. The van der Waals surface area contributed by atoms with Gasteiger partial charge >= 0.3 is 0 Å². The average molecular weight is 472 g/mol. The number of nitrogen functional groups attached to an aromatic ring is 1. The van der Waals surface area contributed by atoms with E-state index in [-0.39, 0.29) is 29.7 Å². The lowest BCUT2D eigenvalue weighted by molar-refractivity contribution is 0.289. The van der Waals surface area contributed by atoms with Crippen LogP contribution in [-0.2, 0) is 0 Å². The minimum absolute atomic E-state index is 0.102. The SMILES string of the molecule is CNCCCOc1ccc(-n2nnnc2-c2cc(-c3cccc(Cl)c3)cnc2N)c(F)c1F. The summed E-state index contributed by atoms with van der Waals surface area (Å²) in [6.07, 6.45) is 2.23. The molecule has 170 valence electrons. The smallest absolute Gasteiger partial charge is 0.202 e. The summed E-state index contributed by atoms with van der Waals surface area (Å²) < 4.78 is 36.0. The van der Waals surface area contributed by atoms with Gasteiger partial charge in [0.15, 0.2) is 17.4 Å². The number of hydrogen-bond donors (Lipinski definition) is 2. The van der Waals surface area contributed by atoms with Crippen LogP contribution in [0.15, 0.2) is 48.7 Å². The number of ether oxygens (including phenoxy) is 1. The first-order valence-electron chi connectivity index (χ1n) is 10.1. The number of anilines is 1. The maximum atomic E-state index is 14.9. The molecule has 8 nitrogen and oxygen atoms in total. The summed E-state index contributed by atoms with van der Waals surface area (Å²) in [4.78, 5) is 4.21. The van der Waals surface area contributed by atoms with Crippen LogP contribution in [-0.4, -0.2) is 45.4 Å². The van der Waals surface area contributed by atoms with Crippen molar-refractivity contribution in [2.75, 3.05) is 25.9 Å². The van der Waals surface area contributed by atoms with E-state index in [1.165, 1.54) is 12.1 Å². The molecule has 3 N–H and O–H groups in total. The van der Waals surface area contributed by atoms with Crippen LogP contribution in [0.1, 0.15) is 6.42 Å². The van der Waals surface area contributed by atoms with Gasteiger partial charge in [-0.25, -0.2) is 9.37 Å². The van der Waals surface area contributed by atoms with E-state index in [9.17, 15) is 8.78 Å². The topological polar surface area (TPSA) is 104 Å². The van der Waals surface area contributed by atoms with E-state index in [2.05, 4.69) is 25.8 Å². The molecule has 4 aromatic rings. The van der Waals surface area contributed by atoms with Crippen molar-refractivity contribution in [1.82, 2.24) is 30.5 Å². The molecule has 0 radical (unpaired) electrons. The predicted molar refractivity (Wildman–Crippen MR) is 121 cm³/mol. The van der Waals surface area contributed by atoms with Crippen molar-refractivity contribution in [2.24, 2.45) is 0 Å². The summed E-state index contributed by atoms with van der Waals surface area (Å²) in [6.45, 7) is 0.936. The average Bonchev–Trinajstić information content (AvgIpc) is 3.29. The molecule has 33 heavy (non-hydrogen) atoms. The third kappa shape index (κ3) is 4.76. The van der Waals surface area contributed by atoms with Gasteiger partial charge in [0.1, 0.15) is 11.5 Å². The Labute approximate surface area is 193 Å². The standard InChI is InChI=1S/C22H20ClF2N7O/c1-27-8-3-9-33-18-7-6-17(19(24)20(18)25)32-22(29-30-31-32)16-11-14(12-28-21(16)26)13-4-2-5-15(23)10-13/h2,4-7,10-12,27H,3,8-9H2,1H3,(H2,26,28). The van der Waals surface area contributed by atoms with Gasteiger partial charge in [0.2, 0.25) is 5.82 Å². The van der Waals surface area contributed by atoms with Crippen molar-refractivity contribution in [1.29, 1.82) is 0 Å². The van der Waals surface area contributed by atoms with Crippen LogP contribution in [0.25, 0.3) is 28.2 Å². The van der Waals surface area contributed by atoms with Crippen LogP contribution in [0.2, 0.25) is 5.02 Å². The highest BCUT2D eigenvalue weighted by atomic mass is 35.5. The van der Waals surface area contributed by atoms with Gasteiger partial charge < -0.3 is 15.8 Å². The number of pyridine rings is 1. The summed E-state index contributed by atoms with van der Waals surface area (Å²) in [7, 11) is 1.80. The fourth-order valence-corrected chi connectivity index (χ4v) is 3.42. The highest BCUT2D eigenvalue weighted by Crippen LogP contribution is 2.32. The van der Waals surface area contributed by atoms with E-state index in [1.807, 2.05) is 6.07 Å². The number of aromatic nitrogens is 5. The molecule has 4 rings (SSSR count). The zero-order valence-corrected chi connectivity index (χ0v) is 18.4. The van der Waals surface area contributed by atoms with E-state index in [4.69, 9.17) is 22.1 Å². The van der Waals surface area contributed by atoms with Gasteiger partial charge in [-0.3, -0.25) is 0 Å². The molecule has 0 saturated carbocycles. The Morgan fingerprint density at radius 2 is 1.97 bits per heavy atom. The number of rotatable bonds is 8. The van der Waals surface area contributed by atoms with Gasteiger partial charge in [-0.1, -0.05) is 23.7 Å². The van der Waals surface area contributed by atoms with Gasteiger partial charge in [0.05, 0.1) is 12.2 Å². The van der Waals surface area contributed by atoms with E-state index < -0.39 is 11.6 Å². The van der Waals surface area contributed by atoms with E-state index >= 15 is 0 Å². The molecule has 0 saturated heterocycles. The molecule has 0 aliphatic heterocycles. The summed E-state index contributed by atoms with van der Waals surface area (Å²) >= 11 is 6.09. The lowest BCUT2D eigenvalue weighted by Gasteiger charge is -2.12. The molecule has 0 aliphatic rings. The van der Waals surface area contributed by atoms with Gasteiger partial charge in [0, 0.05) is 16.8 Å². The number of tetrazole rings is 1. The molecule has 0 aliphatic carbocycles. The zero-order valence-electron chi connectivity index (χ0n) is 17.6. The Kier molecular flexibility index (Phi) is 6.76. The van der Waals surface area contributed by atoms with Crippen LogP contribution in [0.5, 0.6) is 5.75 Å². The van der Waals surface area contributed by atoms with E-state index in [1.54, 1.807) is 37.5 Å². The molecule has 2 heterocycles. The third-order valence-electron chi connectivity index (χ3n) is 4.87.